The standard InChI is InChI=1S/C9H15N3O2S/c1-7(2)15(13,14)11-6-9-4-5-10-8(3)12-9/h4-5,7,11H,6H2,1-3H3. The van der Waals surface area contributed by atoms with Gasteiger partial charge in [0.15, 0.2) is 0 Å². The first-order chi connectivity index (χ1) is 6.92. The number of nitrogens with zero attached hydrogens (tertiary/aromatic N) is 2. The van der Waals surface area contributed by atoms with E-state index >= 15 is 0 Å². The van der Waals surface area contributed by atoms with Gasteiger partial charge in [0.2, 0.25) is 10.0 Å². The topological polar surface area (TPSA) is 72.0 Å². The minimum absolute atomic E-state index is 0.212. The quantitative estimate of drug-likeness (QED) is 0.821. The Bertz CT molecular complexity index is 429. The molecule has 1 aromatic rings. The average Bonchev–Trinajstić information content (AvgIpc) is 2.15. The molecule has 0 radical (unpaired) electrons. The largest absolute Gasteiger partial charge is 0.242 e. The minimum atomic E-state index is -3.22. The van der Waals surface area contributed by atoms with Gasteiger partial charge in [-0.3, -0.25) is 0 Å². The monoisotopic (exact) mass is 229 g/mol. The maximum atomic E-state index is 11.4. The van der Waals surface area contributed by atoms with Crippen molar-refractivity contribution in [3.63, 3.8) is 0 Å². The van der Waals surface area contributed by atoms with Crippen molar-refractivity contribution in [3.8, 4) is 0 Å². The number of nitrogens with one attached hydrogen (secondary N) is 1. The van der Waals surface area contributed by atoms with Crippen LogP contribution in [0.5, 0.6) is 0 Å². The molecule has 6 heteroatoms. The molecule has 5 nitrogen and oxygen atoms in total. The summed E-state index contributed by atoms with van der Waals surface area (Å²) in [7, 11) is -3.22. The van der Waals surface area contributed by atoms with E-state index in [1.165, 1.54) is 0 Å². The highest BCUT2D eigenvalue weighted by Gasteiger charge is 2.14. The molecule has 15 heavy (non-hydrogen) atoms. The van der Waals surface area contributed by atoms with Crippen LogP contribution in [-0.2, 0) is 16.6 Å². The fourth-order valence-corrected chi connectivity index (χ4v) is 1.63. The van der Waals surface area contributed by atoms with E-state index in [0.717, 1.165) is 0 Å². The Hall–Kier alpha value is -1.01. The lowest BCUT2D eigenvalue weighted by atomic mass is 10.4. The van der Waals surface area contributed by atoms with Crippen molar-refractivity contribution < 1.29 is 8.42 Å². The van der Waals surface area contributed by atoms with E-state index in [4.69, 9.17) is 0 Å². The summed E-state index contributed by atoms with van der Waals surface area (Å²) < 4.78 is 25.4. The van der Waals surface area contributed by atoms with Crippen LogP contribution in [0.3, 0.4) is 0 Å². The van der Waals surface area contributed by atoms with Crippen LogP contribution in [-0.4, -0.2) is 23.6 Å². The van der Waals surface area contributed by atoms with Gasteiger partial charge in [-0.05, 0) is 26.8 Å². The summed E-state index contributed by atoms with van der Waals surface area (Å²) in [6.45, 7) is 5.24. The molecular weight excluding hydrogens is 214 g/mol. The van der Waals surface area contributed by atoms with Gasteiger partial charge in [-0.1, -0.05) is 0 Å². The van der Waals surface area contributed by atoms with Crippen LogP contribution in [0.1, 0.15) is 25.4 Å². The SMILES string of the molecule is Cc1nccc(CNS(=O)(=O)C(C)C)n1. The van der Waals surface area contributed by atoms with E-state index in [9.17, 15) is 8.42 Å². The lowest BCUT2D eigenvalue weighted by Crippen LogP contribution is -2.30. The van der Waals surface area contributed by atoms with Crippen molar-refractivity contribution in [1.29, 1.82) is 0 Å². The highest BCUT2D eigenvalue weighted by atomic mass is 32.2. The third-order valence-corrected chi connectivity index (χ3v) is 3.70. The fraction of sp³-hybridized carbons (Fsp3) is 0.556. The van der Waals surface area contributed by atoms with E-state index in [0.29, 0.717) is 11.5 Å². The van der Waals surface area contributed by atoms with E-state index < -0.39 is 15.3 Å². The summed E-state index contributed by atoms with van der Waals surface area (Å²) in [5, 5.41) is -0.430. The summed E-state index contributed by atoms with van der Waals surface area (Å²) in [5.41, 5.74) is 0.673. The first kappa shape index (κ1) is 12.1. The zero-order valence-corrected chi connectivity index (χ0v) is 9.87. The van der Waals surface area contributed by atoms with E-state index in [-0.39, 0.29) is 6.54 Å². The number of rotatable bonds is 4. The number of aryl methyl sites for hydroxylation is 1. The molecule has 0 bridgehead atoms. The molecular formula is C9H15N3O2S. The maximum absolute atomic E-state index is 11.4. The second-order valence-electron chi connectivity index (χ2n) is 3.51. The van der Waals surface area contributed by atoms with Gasteiger partial charge < -0.3 is 0 Å². The van der Waals surface area contributed by atoms with Crippen molar-refractivity contribution >= 4 is 10.0 Å². The van der Waals surface area contributed by atoms with Crippen LogP contribution >= 0.6 is 0 Å². The maximum Gasteiger partial charge on any atom is 0.214 e. The Balaban J connectivity index is 2.66. The van der Waals surface area contributed by atoms with Crippen molar-refractivity contribution in [2.75, 3.05) is 0 Å². The normalized spacial score (nSPS) is 12.0. The summed E-state index contributed by atoms with van der Waals surface area (Å²) in [6, 6.07) is 1.69. The number of sulfonamides is 1. The molecule has 0 saturated heterocycles. The lowest BCUT2D eigenvalue weighted by molar-refractivity contribution is 0.571. The van der Waals surface area contributed by atoms with Crippen molar-refractivity contribution in [2.45, 2.75) is 32.6 Å². The zero-order valence-electron chi connectivity index (χ0n) is 9.06. The summed E-state index contributed by atoms with van der Waals surface area (Å²) >= 11 is 0. The molecule has 0 spiro atoms. The molecule has 0 unspecified atom stereocenters. The van der Waals surface area contributed by atoms with Crippen LogP contribution in [0, 0.1) is 6.92 Å². The summed E-state index contributed by atoms with van der Waals surface area (Å²) in [5.74, 6) is 0.635. The molecule has 1 N–H and O–H groups in total. The minimum Gasteiger partial charge on any atom is -0.242 e. The average molecular weight is 229 g/mol. The molecule has 0 atom stereocenters. The van der Waals surface area contributed by atoms with Crippen LogP contribution in [0.4, 0.5) is 0 Å². The Labute approximate surface area is 90.0 Å². The van der Waals surface area contributed by atoms with Crippen LogP contribution < -0.4 is 4.72 Å². The molecule has 1 heterocycles. The molecule has 84 valence electrons. The van der Waals surface area contributed by atoms with E-state index in [2.05, 4.69) is 14.7 Å². The van der Waals surface area contributed by atoms with Gasteiger partial charge in [0.1, 0.15) is 5.82 Å². The Morgan fingerprint density at radius 3 is 2.67 bits per heavy atom. The zero-order chi connectivity index (χ0) is 11.5. The molecule has 0 fully saturated rings. The third kappa shape index (κ3) is 3.56. The van der Waals surface area contributed by atoms with Crippen LogP contribution in [0.15, 0.2) is 12.3 Å². The van der Waals surface area contributed by atoms with Gasteiger partial charge in [0.25, 0.3) is 0 Å². The molecule has 0 aromatic carbocycles. The van der Waals surface area contributed by atoms with Crippen molar-refractivity contribution in [2.24, 2.45) is 0 Å². The molecule has 0 aliphatic carbocycles. The van der Waals surface area contributed by atoms with Crippen molar-refractivity contribution in [1.82, 2.24) is 14.7 Å². The second kappa shape index (κ2) is 4.67. The summed E-state index contributed by atoms with van der Waals surface area (Å²) in [6.07, 6.45) is 1.61. The second-order valence-corrected chi connectivity index (χ2v) is 5.83. The lowest BCUT2D eigenvalue weighted by Gasteiger charge is -2.08. The van der Waals surface area contributed by atoms with Gasteiger partial charge in [-0.25, -0.2) is 23.1 Å². The van der Waals surface area contributed by atoms with Gasteiger partial charge in [0, 0.05) is 6.20 Å². The molecule has 0 aliphatic rings. The number of aromatic nitrogens is 2. The van der Waals surface area contributed by atoms with Crippen LogP contribution in [0.2, 0.25) is 0 Å². The van der Waals surface area contributed by atoms with Gasteiger partial charge in [-0.15, -0.1) is 0 Å². The van der Waals surface area contributed by atoms with Crippen LogP contribution in [0.25, 0.3) is 0 Å². The fourth-order valence-electron chi connectivity index (χ4n) is 0.945. The highest BCUT2D eigenvalue weighted by Crippen LogP contribution is 1.99. The third-order valence-electron chi connectivity index (χ3n) is 1.91. The molecule has 0 amide bonds. The van der Waals surface area contributed by atoms with Gasteiger partial charge in [-0.2, -0.15) is 0 Å². The molecule has 0 aliphatic heterocycles. The van der Waals surface area contributed by atoms with E-state index in [1.807, 2.05) is 0 Å². The Morgan fingerprint density at radius 1 is 1.47 bits per heavy atom. The summed E-state index contributed by atoms with van der Waals surface area (Å²) in [4.78, 5) is 8.03. The predicted molar refractivity (Wildman–Crippen MR) is 57.7 cm³/mol. The predicted octanol–water partition coefficient (Wildman–Crippen LogP) is 0.613. The Morgan fingerprint density at radius 2 is 2.13 bits per heavy atom. The first-order valence-corrected chi connectivity index (χ1v) is 6.23. The number of hydrogen-bond acceptors (Lipinski definition) is 4. The first-order valence-electron chi connectivity index (χ1n) is 4.69. The van der Waals surface area contributed by atoms with Crippen molar-refractivity contribution in [3.05, 3.63) is 23.8 Å². The van der Waals surface area contributed by atoms with Gasteiger partial charge in [0.05, 0.1) is 17.5 Å². The highest BCUT2D eigenvalue weighted by molar-refractivity contribution is 7.90. The Kier molecular flexibility index (Phi) is 3.76. The smallest absolute Gasteiger partial charge is 0.214 e. The number of hydrogen-bond donors (Lipinski definition) is 1. The molecule has 0 saturated carbocycles. The van der Waals surface area contributed by atoms with Gasteiger partial charge >= 0.3 is 0 Å². The molecule has 1 rings (SSSR count). The molecule has 1 aromatic heterocycles. The van der Waals surface area contributed by atoms with E-state index in [1.54, 1.807) is 33.0 Å².